The Hall–Kier alpha value is -1.18. The van der Waals surface area contributed by atoms with Crippen LogP contribution in [0.1, 0.15) is 57.9 Å². The molecule has 0 aromatic heterocycles. The number of anilines is 1. The third-order valence-electron chi connectivity index (χ3n) is 4.56. The molecule has 5 nitrogen and oxygen atoms in total. The Labute approximate surface area is 164 Å². The van der Waals surface area contributed by atoms with Gasteiger partial charge in [0.15, 0.2) is 0 Å². The molecule has 27 heavy (non-hydrogen) atoms. The third kappa shape index (κ3) is 11.3. The normalized spacial score (nSPS) is 14.3. The van der Waals surface area contributed by atoms with Crippen molar-refractivity contribution in [3.05, 3.63) is 29.8 Å². The number of nitrogens with one attached hydrogen (secondary N) is 1. The van der Waals surface area contributed by atoms with Crippen LogP contribution in [0.4, 0.5) is 10.1 Å². The van der Waals surface area contributed by atoms with Crippen molar-refractivity contribution >= 4 is 15.7 Å². The van der Waals surface area contributed by atoms with E-state index < -0.39 is 22.4 Å². The van der Waals surface area contributed by atoms with Crippen LogP contribution in [0.25, 0.3) is 0 Å². The number of benzene rings is 1. The maximum Gasteiger partial charge on any atom is 0.229 e. The van der Waals surface area contributed by atoms with Crippen LogP contribution in [0.2, 0.25) is 0 Å². The number of aryl methyl sites for hydroxylation is 1. The molecule has 0 saturated carbocycles. The molecule has 0 spiro atoms. The molecule has 0 saturated heterocycles. The molecule has 0 heterocycles. The monoisotopic (exact) mass is 402 g/mol. The first-order chi connectivity index (χ1) is 12.7. The number of alkyl halides is 1. The predicted octanol–water partition coefficient (Wildman–Crippen LogP) is 3.94. The molecule has 0 fully saturated rings. The van der Waals surface area contributed by atoms with Gasteiger partial charge in [-0.05, 0) is 63.3 Å². The average Bonchev–Trinajstić information content (AvgIpc) is 2.58. The SMILES string of the molecule is CCN(CCCCCC(C)F)C(O)CCCc1ccc(NS(C)(=O)=O)cc1. The zero-order valence-corrected chi connectivity index (χ0v) is 17.6. The van der Waals surface area contributed by atoms with Gasteiger partial charge < -0.3 is 5.11 Å². The Morgan fingerprint density at radius 3 is 2.33 bits per heavy atom. The minimum absolute atomic E-state index is 0.457. The van der Waals surface area contributed by atoms with E-state index in [4.69, 9.17) is 0 Å². The summed E-state index contributed by atoms with van der Waals surface area (Å²) in [6.45, 7) is 5.27. The van der Waals surface area contributed by atoms with Crippen molar-refractivity contribution in [2.24, 2.45) is 0 Å². The van der Waals surface area contributed by atoms with Crippen molar-refractivity contribution in [2.45, 2.75) is 71.2 Å². The molecule has 1 aromatic rings. The summed E-state index contributed by atoms with van der Waals surface area (Å²) in [6, 6.07) is 7.32. The number of halogens is 1. The number of aliphatic hydroxyl groups is 1. The Morgan fingerprint density at radius 1 is 1.11 bits per heavy atom. The Kier molecular flexibility index (Phi) is 10.9. The molecule has 0 amide bonds. The van der Waals surface area contributed by atoms with Crippen LogP contribution >= 0.6 is 0 Å². The molecular weight excluding hydrogens is 367 g/mol. The van der Waals surface area contributed by atoms with Gasteiger partial charge in [0, 0.05) is 12.2 Å². The number of nitrogens with zero attached hydrogens (tertiary/aromatic N) is 1. The summed E-state index contributed by atoms with van der Waals surface area (Å²) in [6.07, 6.45) is 5.82. The van der Waals surface area contributed by atoms with E-state index in [0.717, 1.165) is 57.0 Å². The Balaban J connectivity index is 2.30. The lowest BCUT2D eigenvalue weighted by molar-refractivity contribution is -0.00129. The first-order valence-electron chi connectivity index (χ1n) is 9.84. The van der Waals surface area contributed by atoms with Gasteiger partial charge >= 0.3 is 0 Å². The van der Waals surface area contributed by atoms with Gasteiger partial charge in [0.2, 0.25) is 10.0 Å². The number of aliphatic hydroxyl groups excluding tert-OH is 1. The van der Waals surface area contributed by atoms with E-state index in [0.29, 0.717) is 18.5 Å². The Bertz CT molecular complexity index is 621. The smallest absolute Gasteiger partial charge is 0.229 e. The number of sulfonamides is 1. The molecule has 7 heteroatoms. The van der Waals surface area contributed by atoms with Crippen LogP contribution in [-0.2, 0) is 16.4 Å². The van der Waals surface area contributed by atoms with E-state index >= 15 is 0 Å². The highest BCUT2D eigenvalue weighted by Crippen LogP contribution is 2.15. The van der Waals surface area contributed by atoms with Gasteiger partial charge in [0.05, 0.1) is 12.4 Å². The number of hydrogen-bond acceptors (Lipinski definition) is 4. The van der Waals surface area contributed by atoms with Crippen LogP contribution in [0.3, 0.4) is 0 Å². The fourth-order valence-corrected chi connectivity index (χ4v) is 3.62. The van der Waals surface area contributed by atoms with Crippen molar-refractivity contribution in [1.29, 1.82) is 0 Å². The highest BCUT2D eigenvalue weighted by Gasteiger charge is 2.13. The van der Waals surface area contributed by atoms with Gasteiger partial charge in [-0.15, -0.1) is 0 Å². The molecule has 0 aliphatic rings. The van der Waals surface area contributed by atoms with Gasteiger partial charge in [0.25, 0.3) is 0 Å². The van der Waals surface area contributed by atoms with Crippen molar-refractivity contribution in [3.63, 3.8) is 0 Å². The summed E-state index contributed by atoms with van der Waals surface area (Å²) < 4.78 is 37.6. The lowest BCUT2D eigenvalue weighted by Crippen LogP contribution is -2.35. The van der Waals surface area contributed by atoms with Crippen LogP contribution in [0.5, 0.6) is 0 Å². The summed E-state index contributed by atoms with van der Waals surface area (Å²) in [5, 5.41) is 10.4. The maximum absolute atomic E-state index is 12.8. The second-order valence-electron chi connectivity index (χ2n) is 7.20. The van der Waals surface area contributed by atoms with E-state index in [1.165, 1.54) is 0 Å². The fourth-order valence-electron chi connectivity index (χ4n) is 3.06. The van der Waals surface area contributed by atoms with E-state index in [-0.39, 0.29) is 0 Å². The quantitative estimate of drug-likeness (QED) is 0.365. The molecule has 2 N–H and O–H groups in total. The fraction of sp³-hybridized carbons (Fsp3) is 0.700. The second kappa shape index (κ2) is 12.3. The standard InChI is InChI=1S/C20H35FN2O3S/c1-4-23(16-7-5-6-9-17(2)21)20(24)11-8-10-18-12-14-19(15-13-18)22-27(3,25)26/h12-15,17,20,22,24H,4-11,16H2,1-3H3. The minimum Gasteiger partial charge on any atom is -0.378 e. The zero-order chi connectivity index (χ0) is 20.3. The number of hydrogen-bond donors (Lipinski definition) is 2. The van der Waals surface area contributed by atoms with Gasteiger partial charge in [-0.3, -0.25) is 9.62 Å². The molecule has 0 aliphatic heterocycles. The maximum atomic E-state index is 12.8. The largest absolute Gasteiger partial charge is 0.378 e. The van der Waals surface area contributed by atoms with Crippen LogP contribution in [0.15, 0.2) is 24.3 Å². The minimum atomic E-state index is -3.25. The van der Waals surface area contributed by atoms with E-state index in [9.17, 15) is 17.9 Å². The molecule has 1 rings (SSSR count). The molecule has 2 unspecified atom stereocenters. The zero-order valence-electron chi connectivity index (χ0n) is 16.8. The molecule has 2 atom stereocenters. The molecule has 0 aliphatic carbocycles. The second-order valence-corrected chi connectivity index (χ2v) is 8.95. The first-order valence-corrected chi connectivity index (χ1v) is 11.7. The van der Waals surface area contributed by atoms with Crippen molar-refractivity contribution < 1.29 is 17.9 Å². The highest BCUT2D eigenvalue weighted by atomic mass is 32.2. The molecular formula is C20H35FN2O3S. The summed E-state index contributed by atoms with van der Waals surface area (Å²) in [5.74, 6) is 0. The third-order valence-corrected chi connectivity index (χ3v) is 5.17. The van der Waals surface area contributed by atoms with Gasteiger partial charge in [-0.25, -0.2) is 12.8 Å². The average molecular weight is 403 g/mol. The van der Waals surface area contributed by atoms with Crippen molar-refractivity contribution in [1.82, 2.24) is 4.90 Å². The van der Waals surface area contributed by atoms with Gasteiger partial charge in [-0.1, -0.05) is 31.9 Å². The highest BCUT2D eigenvalue weighted by molar-refractivity contribution is 7.92. The number of unbranched alkanes of at least 4 members (excludes halogenated alkanes) is 2. The van der Waals surface area contributed by atoms with E-state index in [1.54, 1.807) is 19.1 Å². The number of rotatable bonds is 14. The van der Waals surface area contributed by atoms with Crippen LogP contribution in [0, 0.1) is 0 Å². The van der Waals surface area contributed by atoms with Crippen LogP contribution < -0.4 is 4.72 Å². The molecule has 1 aromatic carbocycles. The van der Waals surface area contributed by atoms with E-state index in [2.05, 4.69) is 9.62 Å². The summed E-state index contributed by atoms with van der Waals surface area (Å²) in [7, 11) is -3.25. The van der Waals surface area contributed by atoms with E-state index in [1.807, 2.05) is 19.1 Å². The van der Waals surface area contributed by atoms with Crippen LogP contribution in [-0.4, -0.2) is 50.2 Å². The Morgan fingerprint density at radius 2 is 1.78 bits per heavy atom. The topological polar surface area (TPSA) is 69.6 Å². The van der Waals surface area contributed by atoms with Crippen molar-refractivity contribution in [2.75, 3.05) is 24.1 Å². The summed E-state index contributed by atoms with van der Waals surface area (Å²) in [5.41, 5.74) is 1.67. The lowest BCUT2D eigenvalue weighted by atomic mass is 10.1. The van der Waals surface area contributed by atoms with Gasteiger partial charge in [-0.2, -0.15) is 0 Å². The first kappa shape index (κ1) is 23.9. The summed E-state index contributed by atoms with van der Waals surface area (Å²) >= 11 is 0. The predicted molar refractivity (Wildman–Crippen MR) is 110 cm³/mol. The molecule has 0 radical (unpaired) electrons. The summed E-state index contributed by atoms with van der Waals surface area (Å²) in [4.78, 5) is 2.07. The molecule has 0 bridgehead atoms. The molecule has 156 valence electrons. The lowest BCUT2D eigenvalue weighted by Gasteiger charge is -2.26. The van der Waals surface area contributed by atoms with Gasteiger partial charge in [0.1, 0.15) is 6.23 Å². The van der Waals surface area contributed by atoms with Crippen molar-refractivity contribution in [3.8, 4) is 0 Å².